The van der Waals surface area contributed by atoms with Gasteiger partial charge in [0.25, 0.3) is 10.1 Å². The number of aliphatic hydroxyl groups excluding tert-OH is 3. The van der Waals surface area contributed by atoms with E-state index in [1.807, 2.05) is 6.92 Å². The number of ether oxygens (including phenoxy) is 1. The second-order valence-corrected chi connectivity index (χ2v) is 6.59. The zero-order chi connectivity index (χ0) is 15.6. The van der Waals surface area contributed by atoms with Gasteiger partial charge in [0.05, 0.1) is 18.1 Å². The molecular formula is C13H18O7S. The van der Waals surface area contributed by atoms with E-state index in [-0.39, 0.29) is 11.5 Å². The van der Waals surface area contributed by atoms with E-state index in [0.29, 0.717) is 0 Å². The standard InChI is InChI=1S/C13H18O7S/c1-8-2-4-9(5-3-8)21(17,18)20-7-11-13(16)12(15)10(14)6-19-11/h2-5,10-16H,6-7H2,1H3. The largest absolute Gasteiger partial charge is 0.388 e. The van der Waals surface area contributed by atoms with E-state index in [1.54, 1.807) is 12.1 Å². The third-order valence-corrected chi connectivity index (χ3v) is 4.60. The lowest BCUT2D eigenvalue weighted by Gasteiger charge is -2.34. The van der Waals surface area contributed by atoms with Gasteiger partial charge in [-0.3, -0.25) is 4.18 Å². The minimum atomic E-state index is -3.97. The van der Waals surface area contributed by atoms with Crippen molar-refractivity contribution < 1.29 is 32.7 Å². The molecule has 0 spiro atoms. The van der Waals surface area contributed by atoms with E-state index >= 15 is 0 Å². The summed E-state index contributed by atoms with van der Waals surface area (Å²) in [6.07, 6.45) is -5.04. The van der Waals surface area contributed by atoms with Crippen LogP contribution in [0, 0.1) is 6.92 Å². The Bertz CT molecular complexity index is 569. The molecule has 1 saturated heterocycles. The van der Waals surface area contributed by atoms with Gasteiger partial charge in [0.1, 0.15) is 24.4 Å². The summed E-state index contributed by atoms with van der Waals surface area (Å²) in [5.74, 6) is 0. The lowest BCUT2D eigenvalue weighted by molar-refractivity contribution is -0.192. The molecule has 1 heterocycles. The highest BCUT2D eigenvalue weighted by atomic mass is 32.2. The number of hydrogen-bond donors (Lipinski definition) is 3. The quantitative estimate of drug-likeness (QED) is 0.622. The van der Waals surface area contributed by atoms with Crippen LogP contribution in [0.25, 0.3) is 0 Å². The third kappa shape index (κ3) is 3.79. The van der Waals surface area contributed by atoms with E-state index < -0.39 is 41.1 Å². The van der Waals surface area contributed by atoms with Gasteiger partial charge in [-0.1, -0.05) is 17.7 Å². The summed E-state index contributed by atoms with van der Waals surface area (Å²) in [5.41, 5.74) is 0.914. The van der Waals surface area contributed by atoms with Crippen molar-refractivity contribution in [2.75, 3.05) is 13.2 Å². The van der Waals surface area contributed by atoms with Crippen LogP contribution in [-0.4, -0.2) is 61.4 Å². The topological polar surface area (TPSA) is 113 Å². The predicted octanol–water partition coefficient (Wildman–Crippen LogP) is -0.818. The van der Waals surface area contributed by atoms with Gasteiger partial charge in [0.15, 0.2) is 0 Å². The maximum absolute atomic E-state index is 12.0. The van der Waals surface area contributed by atoms with Crippen LogP contribution in [0.2, 0.25) is 0 Å². The average molecular weight is 318 g/mol. The molecule has 3 N–H and O–H groups in total. The lowest BCUT2D eigenvalue weighted by Crippen LogP contribution is -2.54. The van der Waals surface area contributed by atoms with Crippen molar-refractivity contribution in [3.63, 3.8) is 0 Å². The first kappa shape index (κ1) is 16.3. The number of benzene rings is 1. The van der Waals surface area contributed by atoms with Gasteiger partial charge < -0.3 is 20.1 Å². The second kappa shape index (κ2) is 6.39. The van der Waals surface area contributed by atoms with E-state index in [1.165, 1.54) is 12.1 Å². The summed E-state index contributed by atoms with van der Waals surface area (Å²) in [4.78, 5) is -0.000942. The Morgan fingerprint density at radius 2 is 1.81 bits per heavy atom. The molecule has 4 unspecified atom stereocenters. The van der Waals surface area contributed by atoms with E-state index in [9.17, 15) is 23.7 Å². The third-order valence-electron chi connectivity index (χ3n) is 3.30. The zero-order valence-electron chi connectivity index (χ0n) is 11.4. The van der Waals surface area contributed by atoms with Crippen molar-refractivity contribution in [3.05, 3.63) is 29.8 Å². The molecule has 1 aliphatic heterocycles. The van der Waals surface area contributed by atoms with Crippen molar-refractivity contribution in [1.29, 1.82) is 0 Å². The molecule has 0 radical (unpaired) electrons. The average Bonchev–Trinajstić information content (AvgIpc) is 2.44. The highest BCUT2D eigenvalue weighted by molar-refractivity contribution is 7.86. The maximum atomic E-state index is 12.0. The number of rotatable bonds is 4. The Kier molecular flexibility index (Phi) is 4.97. The van der Waals surface area contributed by atoms with Crippen LogP contribution in [0.1, 0.15) is 5.56 Å². The SMILES string of the molecule is Cc1ccc(S(=O)(=O)OCC2OCC(O)C(O)C2O)cc1. The fourth-order valence-electron chi connectivity index (χ4n) is 1.94. The summed E-state index contributed by atoms with van der Waals surface area (Å²) in [7, 11) is -3.97. The Morgan fingerprint density at radius 3 is 2.43 bits per heavy atom. The van der Waals surface area contributed by atoms with Crippen LogP contribution in [0.5, 0.6) is 0 Å². The van der Waals surface area contributed by atoms with Gasteiger partial charge in [-0.2, -0.15) is 8.42 Å². The van der Waals surface area contributed by atoms with Gasteiger partial charge in [0.2, 0.25) is 0 Å². The minimum Gasteiger partial charge on any atom is -0.388 e. The number of hydrogen-bond acceptors (Lipinski definition) is 7. The van der Waals surface area contributed by atoms with Crippen LogP contribution < -0.4 is 0 Å². The maximum Gasteiger partial charge on any atom is 0.297 e. The molecule has 4 atom stereocenters. The summed E-state index contributed by atoms with van der Waals surface area (Å²) in [5, 5.41) is 28.5. The van der Waals surface area contributed by atoms with Crippen LogP contribution in [0.4, 0.5) is 0 Å². The van der Waals surface area contributed by atoms with Gasteiger partial charge in [-0.15, -0.1) is 0 Å². The van der Waals surface area contributed by atoms with Crippen molar-refractivity contribution >= 4 is 10.1 Å². The number of aryl methyl sites for hydroxylation is 1. The molecule has 118 valence electrons. The fraction of sp³-hybridized carbons (Fsp3) is 0.538. The summed E-state index contributed by atoms with van der Waals surface area (Å²) in [6, 6.07) is 6.12. The normalized spacial score (nSPS) is 30.3. The monoisotopic (exact) mass is 318 g/mol. The molecule has 1 aliphatic rings. The molecule has 1 aromatic rings. The van der Waals surface area contributed by atoms with Gasteiger partial charge in [-0.05, 0) is 19.1 Å². The smallest absolute Gasteiger partial charge is 0.297 e. The van der Waals surface area contributed by atoms with Crippen molar-refractivity contribution in [1.82, 2.24) is 0 Å². The van der Waals surface area contributed by atoms with Crippen molar-refractivity contribution in [2.45, 2.75) is 36.2 Å². The first-order chi connectivity index (χ1) is 9.81. The first-order valence-corrected chi connectivity index (χ1v) is 7.84. The Labute approximate surface area is 122 Å². The molecular weight excluding hydrogens is 300 g/mol. The summed E-state index contributed by atoms with van der Waals surface area (Å²) in [6.45, 7) is 1.19. The molecule has 1 aromatic carbocycles. The minimum absolute atomic E-state index is 0.000942. The molecule has 0 amide bonds. The molecule has 0 aliphatic carbocycles. The van der Waals surface area contributed by atoms with Crippen LogP contribution in [0.3, 0.4) is 0 Å². The molecule has 21 heavy (non-hydrogen) atoms. The summed E-state index contributed by atoms with van der Waals surface area (Å²) >= 11 is 0. The molecule has 0 saturated carbocycles. The van der Waals surface area contributed by atoms with Crippen LogP contribution >= 0.6 is 0 Å². The lowest BCUT2D eigenvalue weighted by atomic mass is 10.0. The van der Waals surface area contributed by atoms with Gasteiger partial charge >= 0.3 is 0 Å². The van der Waals surface area contributed by atoms with Gasteiger partial charge in [-0.25, -0.2) is 0 Å². The van der Waals surface area contributed by atoms with Gasteiger partial charge in [0, 0.05) is 0 Å². The van der Waals surface area contributed by atoms with Crippen molar-refractivity contribution in [2.24, 2.45) is 0 Å². The zero-order valence-corrected chi connectivity index (χ0v) is 12.2. The Balaban J connectivity index is 2.00. The Hall–Kier alpha value is -1.03. The molecule has 2 rings (SSSR count). The first-order valence-electron chi connectivity index (χ1n) is 6.43. The van der Waals surface area contributed by atoms with E-state index in [4.69, 9.17) is 8.92 Å². The van der Waals surface area contributed by atoms with Crippen molar-refractivity contribution in [3.8, 4) is 0 Å². The fourth-order valence-corrected chi connectivity index (χ4v) is 2.86. The molecule has 7 nitrogen and oxygen atoms in total. The molecule has 0 aromatic heterocycles. The van der Waals surface area contributed by atoms with Crippen LogP contribution in [0.15, 0.2) is 29.2 Å². The highest BCUT2D eigenvalue weighted by Crippen LogP contribution is 2.19. The predicted molar refractivity (Wildman–Crippen MR) is 72.1 cm³/mol. The van der Waals surface area contributed by atoms with Crippen LogP contribution in [-0.2, 0) is 19.0 Å². The number of aliphatic hydroxyl groups is 3. The highest BCUT2D eigenvalue weighted by Gasteiger charge is 2.38. The van der Waals surface area contributed by atoms with E-state index in [2.05, 4.69) is 0 Å². The molecule has 1 fully saturated rings. The second-order valence-electron chi connectivity index (χ2n) is 4.97. The Morgan fingerprint density at radius 1 is 1.19 bits per heavy atom. The van der Waals surface area contributed by atoms with E-state index in [0.717, 1.165) is 5.56 Å². The molecule has 8 heteroatoms. The molecule has 0 bridgehead atoms. The summed E-state index contributed by atoms with van der Waals surface area (Å²) < 4.78 is 33.9.